The van der Waals surface area contributed by atoms with Gasteiger partial charge in [0.1, 0.15) is 0 Å². The summed E-state index contributed by atoms with van der Waals surface area (Å²) in [6.45, 7) is 1.92. The first kappa shape index (κ1) is 19.3. The first-order chi connectivity index (χ1) is 14.1. The average Bonchev–Trinajstić information content (AvgIpc) is 2.74. The number of carbonyl (C=O) groups excluding carboxylic acids is 1. The third kappa shape index (κ3) is 4.35. The molecule has 2 N–H and O–H groups in total. The van der Waals surface area contributed by atoms with E-state index in [2.05, 4.69) is 17.4 Å². The summed E-state index contributed by atoms with van der Waals surface area (Å²) in [5.74, 6) is 0.533. The summed E-state index contributed by atoms with van der Waals surface area (Å²) in [6.07, 6.45) is 3.78. The molecule has 0 radical (unpaired) electrons. The lowest BCUT2D eigenvalue weighted by molar-refractivity contribution is -0.116. The highest BCUT2D eigenvalue weighted by Crippen LogP contribution is 2.33. The fourth-order valence-electron chi connectivity index (χ4n) is 3.79. The number of hydrogen-bond acceptors (Lipinski definition) is 4. The van der Waals surface area contributed by atoms with E-state index in [0.717, 1.165) is 53.9 Å². The van der Waals surface area contributed by atoms with Gasteiger partial charge in [-0.3, -0.25) is 4.79 Å². The van der Waals surface area contributed by atoms with Crippen molar-refractivity contribution in [1.29, 1.82) is 0 Å². The van der Waals surface area contributed by atoms with E-state index >= 15 is 0 Å². The molecule has 5 nitrogen and oxygen atoms in total. The van der Waals surface area contributed by atoms with Crippen molar-refractivity contribution in [3.8, 4) is 11.3 Å². The molecule has 1 aromatic heterocycles. The van der Waals surface area contributed by atoms with Crippen molar-refractivity contribution >= 4 is 11.7 Å². The van der Waals surface area contributed by atoms with Gasteiger partial charge in [0, 0.05) is 12.0 Å². The third-order valence-corrected chi connectivity index (χ3v) is 5.35. The lowest BCUT2D eigenvalue weighted by Crippen LogP contribution is -2.17. The summed E-state index contributed by atoms with van der Waals surface area (Å²) >= 11 is 0. The molecule has 0 saturated carbocycles. The maximum absolute atomic E-state index is 12.4. The van der Waals surface area contributed by atoms with Gasteiger partial charge in [-0.15, -0.1) is 0 Å². The Morgan fingerprint density at radius 3 is 2.69 bits per heavy atom. The van der Waals surface area contributed by atoms with Crippen molar-refractivity contribution in [3.05, 3.63) is 76.6 Å². The van der Waals surface area contributed by atoms with Crippen LogP contribution < -0.4 is 5.32 Å². The van der Waals surface area contributed by atoms with Crippen molar-refractivity contribution in [2.45, 2.75) is 45.6 Å². The number of benzene rings is 2. The zero-order chi connectivity index (χ0) is 20.2. The van der Waals surface area contributed by atoms with Crippen LogP contribution in [0.15, 0.2) is 48.5 Å². The minimum absolute atomic E-state index is 0.0259. The predicted molar refractivity (Wildman–Crippen MR) is 114 cm³/mol. The molecule has 0 saturated heterocycles. The number of aryl methyl sites for hydroxylation is 4. The van der Waals surface area contributed by atoms with Gasteiger partial charge in [0.25, 0.3) is 0 Å². The normalized spacial score (nSPS) is 12.2. The number of rotatable bonds is 6. The highest BCUT2D eigenvalue weighted by molar-refractivity contribution is 5.90. The van der Waals surface area contributed by atoms with Gasteiger partial charge in [0.2, 0.25) is 5.91 Å². The molecule has 5 heteroatoms. The monoisotopic (exact) mass is 387 g/mol. The van der Waals surface area contributed by atoms with Crippen LogP contribution in [0.4, 0.5) is 5.82 Å². The molecule has 0 fully saturated rings. The van der Waals surface area contributed by atoms with Crippen LogP contribution in [0.25, 0.3) is 11.3 Å². The van der Waals surface area contributed by atoms with Crippen LogP contribution in [0, 0.1) is 6.92 Å². The Balaban J connectivity index is 1.45. The second-order valence-electron chi connectivity index (χ2n) is 7.49. The molecule has 4 rings (SSSR count). The molecule has 3 aromatic rings. The number of aliphatic hydroxyl groups is 1. The molecule has 1 amide bonds. The van der Waals surface area contributed by atoms with Crippen molar-refractivity contribution < 1.29 is 9.90 Å². The van der Waals surface area contributed by atoms with Gasteiger partial charge in [0.05, 0.1) is 23.7 Å². The number of hydrogen-bond donors (Lipinski definition) is 2. The van der Waals surface area contributed by atoms with Gasteiger partial charge in [-0.05, 0) is 49.3 Å². The zero-order valence-electron chi connectivity index (χ0n) is 16.6. The summed E-state index contributed by atoms with van der Waals surface area (Å²) in [7, 11) is 0. The number of aliphatic hydroxyl groups excluding tert-OH is 1. The highest BCUT2D eigenvalue weighted by atomic mass is 16.3. The molecule has 29 heavy (non-hydrogen) atoms. The first-order valence-electron chi connectivity index (χ1n) is 10.1. The van der Waals surface area contributed by atoms with E-state index < -0.39 is 0 Å². The molecule has 0 aliphatic heterocycles. The van der Waals surface area contributed by atoms with E-state index in [9.17, 15) is 9.90 Å². The van der Waals surface area contributed by atoms with E-state index in [4.69, 9.17) is 9.97 Å². The van der Waals surface area contributed by atoms with Crippen molar-refractivity contribution in [3.63, 3.8) is 0 Å². The van der Waals surface area contributed by atoms with Crippen LogP contribution in [0.3, 0.4) is 0 Å². The summed E-state index contributed by atoms with van der Waals surface area (Å²) in [4.78, 5) is 21.9. The Morgan fingerprint density at radius 1 is 1.07 bits per heavy atom. The van der Waals surface area contributed by atoms with Gasteiger partial charge >= 0.3 is 0 Å². The van der Waals surface area contributed by atoms with Crippen molar-refractivity contribution in [2.24, 2.45) is 0 Å². The Labute approximate surface area is 170 Å². The van der Waals surface area contributed by atoms with Crippen LogP contribution in [0.5, 0.6) is 0 Å². The number of amides is 1. The largest absolute Gasteiger partial charge is 0.392 e. The maximum atomic E-state index is 12.4. The van der Waals surface area contributed by atoms with Gasteiger partial charge < -0.3 is 10.4 Å². The first-order valence-corrected chi connectivity index (χ1v) is 10.1. The molecular formula is C24H25N3O2. The standard InChI is InChI=1S/C24H25N3O2/c1-16-24(27-22(29)9-5-8-17-6-3-2-4-7-17)26-21-13-11-19-14-18(15-28)10-12-20(19)23(21)25-16/h2-4,6-7,10,12,14,28H,5,8-9,11,13,15H2,1H3,(H,26,27,29). The fourth-order valence-corrected chi connectivity index (χ4v) is 3.79. The minimum Gasteiger partial charge on any atom is -0.392 e. The van der Waals surface area contributed by atoms with Gasteiger partial charge in [-0.2, -0.15) is 0 Å². The quantitative estimate of drug-likeness (QED) is 0.670. The van der Waals surface area contributed by atoms with Crippen LogP contribution in [0.1, 0.15) is 40.9 Å². The van der Waals surface area contributed by atoms with Crippen LogP contribution in [0.2, 0.25) is 0 Å². The molecule has 0 unspecified atom stereocenters. The number of fused-ring (bicyclic) bond motifs is 3. The molecule has 1 aliphatic rings. The lowest BCUT2D eigenvalue weighted by atomic mass is 9.90. The summed E-state index contributed by atoms with van der Waals surface area (Å²) in [5.41, 5.74) is 6.94. The lowest BCUT2D eigenvalue weighted by Gasteiger charge is -2.20. The van der Waals surface area contributed by atoms with E-state index in [0.29, 0.717) is 12.2 Å². The molecule has 0 spiro atoms. The van der Waals surface area contributed by atoms with Crippen LogP contribution in [-0.2, 0) is 30.7 Å². The van der Waals surface area contributed by atoms with Crippen LogP contribution in [-0.4, -0.2) is 21.0 Å². The molecule has 0 atom stereocenters. The van der Waals surface area contributed by atoms with Gasteiger partial charge in [0.15, 0.2) is 5.82 Å². The fraction of sp³-hybridized carbons (Fsp3) is 0.292. The molecular weight excluding hydrogens is 362 g/mol. The Morgan fingerprint density at radius 2 is 1.90 bits per heavy atom. The second kappa shape index (κ2) is 8.53. The number of carbonyl (C=O) groups is 1. The summed E-state index contributed by atoms with van der Waals surface area (Å²) in [5, 5.41) is 12.3. The number of nitrogens with zero attached hydrogens (tertiary/aromatic N) is 2. The summed E-state index contributed by atoms with van der Waals surface area (Å²) < 4.78 is 0. The second-order valence-corrected chi connectivity index (χ2v) is 7.49. The van der Waals surface area contributed by atoms with Gasteiger partial charge in [-0.1, -0.05) is 48.5 Å². The third-order valence-electron chi connectivity index (χ3n) is 5.35. The molecule has 148 valence electrons. The van der Waals surface area contributed by atoms with Crippen LogP contribution >= 0.6 is 0 Å². The Kier molecular flexibility index (Phi) is 5.67. The minimum atomic E-state index is -0.0259. The Hall–Kier alpha value is -3.05. The molecule has 1 aliphatic carbocycles. The van der Waals surface area contributed by atoms with E-state index in [1.165, 1.54) is 11.1 Å². The molecule has 1 heterocycles. The Bertz CT molecular complexity index is 1030. The zero-order valence-corrected chi connectivity index (χ0v) is 16.6. The van der Waals surface area contributed by atoms with E-state index in [-0.39, 0.29) is 12.5 Å². The number of anilines is 1. The van der Waals surface area contributed by atoms with E-state index in [1.807, 2.05) is 43.3 Å². The average molecular weight is 387 g/mol. The molecule has 0 bridgehead atoms. The smallest absolute Gasteiger partial charge is 0.225 e. The number of aromatic nitrogens is 2. The maximum Gasteiger partial charge on any atom is 0.225 e. The highest BCUT2D eigenvalue weighted by Gasteiger charge is 2.21. The van der Waals surface area contributed by atoms with Gasteiger partial charge in [-0.25, -0.2) is 9.97 Å². The number of nitrogens with one attached hydrogen (secondary N) is 1. The summed E-state index contributed by atoms with van der Waals surface area (Å²) in [6, 6.07) is 16.2. The van der Waals surface area contributed by atoms with Crippen molar-refractivity contribution in [2.75, 3.05) is 5.32 Å². The van der Waals surface area contributed by atoms with Crippen molar-refractivity contribution in [1.82, 2.24) is 9.97 Å². The SMILES string of the molecule is Cc1nc2c(nc1NC(=O)CCCc1ccccc1)CCc1cc(CO)ccc1-2. The molecule has 2 aromatic carbocycles. The van der Waals surface area contributed by atoms with E-state index in [1.54, 1.807) is 0 Å². The predicted octanol–water partition coefficient (Wildman–Crippen LogP) is 4.00. The topological polar surface area (TPSA) is 75.1 Å².